The van der Waals surface area contributed by atoms with E-state index in [2.05, 4.69) is 5.32 Å². The van der Waals surface area contributed by atoms with E-state index in [-0.39, 0.29) is 34.5 Å². The Kier molecular flexibility index (Phi) is 6.52. The molecule has 7 nitrogen and oxygen atoms in total. The summed E-state index contributed by atoms with van der Waals surface area (Å²) in [4.78, 5) is 25.7. The third-order valence-electron chi connectivity index (χ3n) is 4.46. The number of nitrogens with zero attached hydrogens (tertiary/aromatic N) is 2. The number of benzene rings is 1. The van der Waals surface area contributed by atoms with Crippen LogP contribution in [0.25, 0.3) is 10.9 Å². The number of fused-ring (bicyclic) bond motifs is 1. The molecule has 1 aromatic carbocycles. The summed E-state index contributed by atoms with van der Waals surface area (Å²) in [5, 5.41) is 3.03. The van der Waals surface area contributed by atoms with E-state index >= 15 is 0 Å². The molecule has 172 valence electrons. The van der Waals surface area contributed by atoms with Gasteiger partial charge in [-0.05, 0) is 45.0 Å². The maximum atomic E-state index is 14.2. The van der Waals surface area contributed by atoms with Gasteiger partial charge in [-0.1, -0.05) is 0 Å². The summed E-state index contributed by atoms with van der Waals surface area (Å²) in [6.07, 6.45) is -2.07. The summed E-state index contributed by atoms with van der Waals surface area (Å²) in [7, 11) is 1.61. The molecule has 0 unspecified atom stereocenters. The van der Waals surface area contributed by atoms with E-state index < -0.39 is 30.5 Å². The molecule has 10 heteroatoms. The van der Waals surface area contributed by atoms with Gasteiger partial charge in [0, 0.05) is 24.7 Å². The van der Waals surface area contributed by atoms with Gasteiger partial charge in [-0.15, -0.1) is 0 Å². The van der Waals surface area contributed by atoms with Crippen molar-refractivity contribution >= 4 is 22.7 Å². The number of halogens is 3. The van der Waals surface area contributed by atoms with Crippen molar-refractivity contribution in [1.29, 1.82) is 0 Å². The highest BCUT2D eigenvalue weighted by Crippen LogP contribution is 2.32. The second-order valence-electron chi connectivity index (χ2n) is 8.10. The summed E-state index contributed by atoms with van der Waals surface area (Å²) in [5.74, 6) is -0.947. The van der Waals surface area contributed by atoms with Crippen molar-refractivity contribution < 1.29 is 27.4 Å². The highest BCUT2D eigenvalue weighted by Gasteiger charge is 2.25. The number of hydrogen-bond acceptors (Lipinski definition) is 5. The SMILES string of the molecule is CNc1cccn(Cc2cc3cc(F)cc(OCC(F)F)c3n2C(=O)OC(C)(C)C)c1=O. The number of nitrogens with one attached hydrogen (secondary N) is 1. The molecule has 32 heavy (non-hydrogen) atoms. The van der Waals surface area contributed by atoms with Gasteiger partial charge >= 0.3 is 6.09 Å². The van der Waals surface area contributed by atoms with Crippen LogP contribution < -0.4 is 15.6 Å². The van der Waals surface area contributed by atoms with Crippen molar-refractivity contribution in [3.05, 3.63) is 58.4 Å². The normalized spacial score (nSPS) is 11.8. The second kappa shape index (κ2) is 8.97. The van der Waals surface area contributed by atoms with Gasteiger partial charge in [0.2, 0.25) is 0 Å². The Hall–Kier alpha value is -3.43. The van der Waals surface area contributed by atoms with Gasteiger partial charge in [-0.3, -0.25) is 4.79 Å². The number of alkyl halides is 2. The number of anilines is 1. The third kappa shape index (κ3) is 5.06. The Morgan fingerprint density at radius 3 is 2.56 bits per heavy atom. The average Bonchev–Trinajstić information content (AvgIpc) is 3.04. The molecule has 3 aromatic rings. The van der Waals surface area contributed by atoms with Crippen molar-refractivity contribution in [2.24, 2.45) is 0 Å². The van der Waals surface area contributed by atoms with Crippen molar-refractivity contribution in [1.82, 2.24) is 9.13 Å². The quantitative estimate of drug-likeness (QED) is 0.599. The fourth-order valence-electron chi connectivity index (χ4n) is 3.25. The minimum absolute atomic E-state index is 0.0574. The lowest BCUT2D eigenvalue weighted by Gasteiger charge is -2.21. The smallest absolute Gasteiger partial charge is 0.419 e. The number of carbonyl (C=O) groups is 1. The number of hydrogen-bond donors (Lipinski definition) is 1. The molecule has 0 spiro atoms. The van der Waals surface area contributed by atoms with Crippen LogP contribution in [0, 0.1) is 5.82 Å². The van der Waals surface area contributed by atoms with Gasteiger partial charge in [0.05, 0.1) is 12.2 Å². The number of ether oxygens (including phenoxy) is 2. The summed E-state index contributed by atoms with van der Waals surface area (Å²) in [6, 6.07) is 6.85. The Morgan fingerprint density at radius 1 is 1.22 bits per heavy atom. The molecule has 0 aliphatic heterocycles. The molecule has 0 bridgehead atoms. The average molecular weight is 451 g/mol. The molecule has 0 saturated carbocycles. The largest absolute Gasteiger partial charge is 0.485 e. The van der Waals surface area contributed by atoms with E-state index in [1.165, 1.54) is 16.8 Å². The van der Waals surface area contributed by atoms with Crippen LogP contribution in [0.2, 0.25) is 0 Å². The lowest BCUT2D eigenvalue weighted by atomic mass is 10.2. The molecule has 0 amide bonds. The Morgan fingerprint density at radius 2 is 1.94 bits per heavy atom. The molecular weight excluding hydrogens is 427 g/mol. The third-order valence-corrected chi connectivity index (χ3v) is 4.46. The van der Waals surface area contributed by atoms with Crippen LogP contribution in [-0.2, 0) is 11.3 Å². The zero-order chi connectivity index (χ0) is 23.6. The summed E-state index contributed by atoms with van der Waals surface area (Å²) >= 11 is 0. The van der Waals surface area contributed by atoms with Crippen molar-refractivity contribution in [2.75, 3.05) is 19.0 Å². The van der Waals surface area contributed by atoms with E-state index in [9.17, 15) is 22.8 Å². The predicted octanol–water partition coefficient (Wildman–Crippen LogP) is 4.46. The van der Waals surface area contributed by atoms with Crippen LogP contribution in [-0.4, -0.2) is 40.9 Å². The molecule has 0 radical (unpaired) electrons. The van der Waals surface area contributed by atoms with Crippen LogP contribution in [0.3, 0.4) is 0 Å². The van der Waals surface area contributed by atoms with Crippen molar-refractivity contribution in [3.8, 4) is 5.75 Å². The minimum atomic E-state index is -2.79. The number of pyridine rings is 1. The fourth-order valence-corrected chi connectivity index (χ4v) is 3.25. The topological polar surface area (TPSA) is 74.5 Å². The van der Waals surface area contributed by atoms with Gasteiger partial charge in [0.15, 0.2) is 0 Å². The van der Waals surface area contributed by atoms with Crippen LogP contribution in [0.1, 0.15) is 26.5 Å². The van der Waals surface area contributed by atoms with Crippen LogP contribution >= 0.6 is 0 Å². The lowest BCUT2D eigenvalue weighted by Crippen LogP contribution is -2.29. The van der Waals surface area contributed by atoms with E-state index in [0.717, 1.165) is 16.7 Å². The second-order valence-corrected chi connectivity index (χ2v) is 8.10. The summed E-state index contributed by atoms with van der Waals surface area (Å²) in [5.41, 5.74) is -0.486. The molecule has 0 fully saturated rings. The van der Waals surface area contributed by atoms with Crippen LogP contribution in [0.5, 0.6) is 5.75 Å². The Bertz CT molecular complexity index is 1200. The van der Waals surface area contributed by atoms with Gasteiger partial charge in [-0.2, -0.15) is 0 Å². The molecule has 1 N–H and O–H groups in total. The fraction of sp³-hybridized carbons (Fsp3) is 0.364. The first-order chi connectivity index (χ1) is 15.0. The molecule has 0 aliphatic carbocycles. The monoisotopic (exact) mass is 451 g/mol. The number of rotatable bonds is 6. The van der Waals surface area contributed by atoms with Crippen LogP contribution in [0.4, 0.5) is 23.7 Å². The van der Waals surface area contributed by atoms with E-state index in [4.69, 9.17) is 9.47 Å². The summed E-state index contributed by atoms with van der Waals surface area (Å²) in [6.45, 7) is 3.98. The maximum absolute atomic E-state index is 14.2. The first-order valence-electron chi connectivity index (χ1n) is 9.85. The summed E-state index contributed by atoms with van der Waals surface area (Å²) < 4.78 is 52.7. The highest BCUT2D eigenvalue weighted by molar-refractivity contribution is 5.95. The molecule has 0 aliphatic rings. The molecule has 0 saturated heterocycles. The van der Waals surface area contributed by atoms with Crippen LogP contribution in [0.15, 0.2) is 41.3 Å². The Labute approximate surface area is 182 Å². The van der Waals surface area contributed by atoms with E-state index in [1.807, 2.05) is 0 Å². The Balaban J connectivity index is 2.21. The molecule has 2 heterocycles. The zero-order valence-electron chi connectivity index (χ0n) is 18.1. The van der Waals surface area contributed by atoms with Gasteiger partial charge in [0.1, 0.15) is 35.0 Å². The first kappa shape index (κ1) is 23.2. The number of aromatic nitrogens is 2. The van der Waals surface area contributed by atoms with E-state index in [0.29, 0.717) is 5.69 Å². The van der Waals surface area contributed by atoms with Crippen molar-refractivity contribution in [2.45, 2.75) is 39.3 Å². The van der Waals surface area contributed by atoms with Gasteiger partial charge in [0.25, 0.3) is 12.0 Å². The lowest BCUT2D eigenvalue weighted by molar-refractivity contribution is 0.0538. The van der Waals surface area contributed by atoms with Gasteiger partial charge in [-0.25, -0.2) is 22.5 Å². The number of carbonyl (C=O) groups excluding carboxylic acids is 1. The minimum Gasteiger partial charge on any atom is -0.485 e. The van der Waals surface area contributed by atoms with Gasteiger partial charge < -0.3 is 19.4 Å². The van der Waals surface area contributed by atoms with E-state index in [1.54, 1.807) is 40.0 Å². The highest BCUT2D eigenvalue weighted by atomic mass is 19.3. The molecule has 0 atom stereocenters. The molecule has 3 rings (SSSR count). The molecular formula is C22H24F3N3O4. The maximum Gasteiger partial charge on any atom is 0.419 e. The van der Waals surface area contributed by atoms with Crippen molar-refractivity contribution in [3.63, 3.8) is 0 Å². The molecule has 2 aromatic heterocycles. The predicted molar refractivity (Wildman–Crippen MR) is 114 cm³/mol. The standard InChI is InChI=1S/C22H24F3N3O4/c1-22(2,3)32-21(30)28-15(11-27-7-5-6-16(26-4)20(27)29)9-13-8-14(23)10-17(19(13)28)31-12-18(24)25/h5-10,18,26H,11-12H2,1-4H3. The first-order valence-corrected chi connectivity index (χ1v) is 9.85. The zero-order valence-corrected chi connectivity index (χ0v) is 18.1.